The van der Waals surface area contributed by atoms with Crippen LogP contribution >= 0.6 is 0 Å². The van der Waals surface area contributed by atoms with E-state index in [1.54, 1.807) is 0 Å². The average molecular weight is 509 g/mol. The maximum Gasteiger partial charge on any atom is 0.161 e. The van der Waals surface area contributed by atoms with Crippen molar-refractivity contribution in [3.05, 3.63) is 80.5 Å². The Hall–Kier alpha value is -3.54. The Labute approximate surface area is 222 Å². The van der Waals surface area contributed by atoms with Crippen LogP contribution in [0.4, 0.5) is 0 Å². The van der Waals surface area contributed by atoms with E-state index in [0.717, 1.165) is 108 Å². The minimum Gasteiger partial charge on any atom is -0.362 e. The maximum atomic E-state index is 13.2. The van der Waals surface area contributed by atoms with Gasteiger partial charge in [0.2, 0.25) is 0 Å². The quantitative estimate of drug-likeness (QED) is 0.578. The number of hydrogen-bond donors (Lipinski definition) is 2. The normalized spacial score (nSPS) is 24.6. The van der Waals surface area contributed by atoms with Gasteiger partial charge in [-0.1, -0.05) is 24.3 Å². The van der Waals surface area contributed by atoms with Crippen LogP contribution in [0.3, 0.4) is 0 Å². The molecular weight excluding hydrogens is 476 g/mol. The highest BCUT2D eigenvalue weighted by atomic mass is 16.1. The smallest absolute Gasteiger partial charge is 0.161 e. The fraction of sp³-hybridized carbons (Fsp3) is 0.438. The van der Waals surface area contributed by atoms with E-state index in [2.05, 4.69) is 10.6 Å². The summed E-state index contributed by atoms with van der Waals surface area (Å²) < 4.78 is 0. The fourth-order valence-corrected chi connectivity index (χ4v) is 7.51. The number of hydrogen-bond acceptors (Lipinski definition) is 6. The summed E-state index contributed by atoms with van der Waals surface area (Å²) in [6.45, 7) is 0. The van der Waals surface area contributed by atoms with Crippen molar-refractivity contribution in [1.82, 2.24) is 10.6 Å². The van der Waals surface area contributed by atoms with Crippen LogP contribution in [0, 0.1) is 0 Å². The van der Waals surface area contributed by atoms with Gasteiger partial charge >= 0.3 is 0 Å². The molecule has 6 aliphatic rings. The lowest BCUT2D eigenvalue weighted by atomic mass is 9.70. The molecule has 0 amide bonds. The molecule has 2 N–H and O–H groups in total. The molecule has 0 fully saturated rings. The standard InChI is InChI=1S/C32H32N2O4/c35-23-9-1-5-19-29(23)27(30-20(33-19)6-2-10-24(30)36)17-13-15-18(16-14-17)28-31-21(7-3-11-25(31)37)34-22-8-4-12-26(38)32(22)28/h13-16,27-28,33-34H,1-12H2. The van der Waals surface area contributed by atoms with Crippen molar-refractivity contribution in [2.75, 3.05) is 0 Å². The zero-order chi connectivity index (χ0) is 26.0. The first-order valence-electron chi connectivity index (χ1n) is 14.2. The highest BCUT2D eigenvalue weighted by Gasteiger charge is 2.42. The molecule has 0 spiro atoms. The minimum absolute atomic E-state index is 0.126. The van der Waals surface area contributed by atoms with Crippen LogP contribution in [0.5, 0.6) is 0 Å². The largest absolute Gasteiger partial charge is 0.362 e. The molecule has 1 aromatic carbocycles. The third kappa shape index (κ3) is 3.60. The van der Waals surface area contributed by atoms with Crippen LogP contribution in [0.1, 0.15) is 100 Å². The second-order valence-electron chi connectivity index (χ2n) is 11.5. The highest BCUT2D eigenvalue weighted by Crippen LogP contribution is 2.48. The van der Waals surface area contributed by atoms with Gasteiger partial charge in [-0.2, -0.15) is 0 Å². The molecule has 0 unspecified atom stereocenters. The molecule has 0 bridgehead atoms. The second-order valence-corrected chi connectivity index (χ2v) is 11.5. The van der Waals surface area contributed by atoms with Crippen molar-refractivity contribution in [3.8, 4) is 0 Å². The molecule has 1 aromatic rings. The van der Waals surface area contributed by atoms with Gasteiger partial charge in [0, 0.05) is 82.6 Å². The first-order valence-corrected chi connectivity index (χ1v) is 14.2. The summed E-state index contributed by atoms with van der Waals surface area (Å²) in [5.41, 5.74) is 8.78. The van der Waals surface area contributed by atoms with Gasteiger partial charge in [0.15, 0.2) is 23.1 Å². The lowest BCUT2D eigenvalue weighted by Crippen LogP contribution is -2.36. The molecule has 38 heavy (non-hydrogen) atoms. The first kappa shape index (κ1) is 23.6. The Kier molecular flexibility index (Phi) is 5.60. The number of carbonyl (C=O) groups is 4. The van der Waals surface area contributed by atoms with Crippen LogP contribution in [0.25, 0.3) is 0 Å². The van der Waals surface area contributed by atoms with E-state index in [-0.39, 0.29) is 35.0 Å². The highest BCUT2D eigenvalue weighted by molar-refractivity contribution is 6.07. The van der Waals surface area contributed by atoms with Crippen molar-refractivity contribution in [1.29, 1.82) is 0 Å². The van der Waals surface area contributed by atoms with Gasteiger partial charge in [-0.25, -0.2) is 0 Å². The molecule has 6 heteroatoms. The topological polar surface area (TPSA) is 92.3 Å². The Bertz CT molecular complexity index is 1240. The van der Waals surface area contributed by atoms with Crippen molar-refractivity contribution in [2.24, 2.45) is 0 Å². The monoisotopic (exact) mass is 508 g/mol. The van der Waals surface area contributed by atoms with Gasteiger partial charge in [0.05, 0.1) is 0 Å². The molecule has 0 saturated heterocycles. The Morgan fingerprint density at radius 2 is 0.684 bits per heavy atom. The summed E-state index contributed by atoms with van der Waals surface area (Å²) in [5, 5.41) is 6.95. The van der Waals surface area contributed by atoms with E-state index in [1.165, 1.54) is 0 Å². The lowest BCUT2D eigenvalue weighted by molar-refractivity contribution is -0.118. The third-order valence-corrected chi connectivity index (χ3v) is 9.19. The van der Waals surface area contributed by atoms with E-state index >= 15 is 0 Å². The number of Topliss-reactive ketones (excluding diaryl/α,β-unsaturated/α-hetero) is 4. The summed E-state index contributed by atoms with van der Waals surface area (Å²) in [6.07, 6.45) is 8.69. The SMILES string of the molecule is O=C1CCCC2=C1C(c1ccc(C3C4=C(CCCC4=O)NC4=C3C(=O)CCC4)cc1)C1=C(CCCC1=O)N2. The van der Waals surface area contributed by atoms with Crippen molar-refractivity contribution >= 4 is 23.1 Å². The molecule has 2 heterocycles. The summed E-state index contributed by atoms with van der Waals surface area (Å²) in [6, 6.07) is 8.09. The number of ketones is 4. The predicted octanol–water partition coefficient (Wildman–Crippen LogP) is 5.09. The fourth-order valence-electron chi connectivity index (χ4n) is 7.51. The number of carbonyl (C=O) groups excluding carboxylic acids is 4. The van der Waals surface area contributed by atoms with E-state index in [9.17, 15) is 19.2 Å². The van der Waals surface area contributed by atoms with Crippen LogP contribution in [-0.4, -0.2) is 23.1 Å². The number of allylic oxidation sites excluding steroid dienone is 8. The van der Waals surface area contributed by atoms with Gasteiger partial charge in [0.1, 0.15) is 0 Å². The van der Waals surface area contributed by atoms with Gasteiger partial charge in [-0.3, -0.25) is 19.2 Å². The van der Waals surface area contributed by atoms with Crippen molar-refractivity contribution < 1.29 is 19.2 Å². The summed E-state index contributed by atoms with van der Waals surface area (Å²) in [7, 11) is 0. The molecule has 0 radical (unpaired) electrons. The summed E-state index contributed by atoms with van der Waals surface area (Å²) in [4.78, 5) is 52.7. The molecule has 0 atom stereocenters. The lowest BCUT2D eigenvalue weighted by Gasteiger charge is -2.38. The van der Waals surface area contributed by atoms with Crippen LogP contribution in [0.15, 0.2) is 69.3 Å². The Morgan fingerprint density at radius 3 is 0.947 bits per heavy atom. The molecular formula is C32H32N2O4. The zero-order valence-electron chi connectivity index (χ0n) is 21.6. The minimum atomic E-state index is -0.346. The van der Waals surface area contributed by atoms with Gasteiger partial charge in [-0.05, 0) is 62.5 Å². The third-order valence-electron chi connectivity index (χ3n) is 9.19. The number of rotatable bonds is 2. The van der Waals surface area contributed by atoms with E-state index < -0.39 is 0 Å². The second kappa shape index (κ2) is 9.04. The van der Waals surface area contributed by atoms with E-state index in [4.69, 9.17) is 0 Å². The van der Waals surface area contributed by atoms with Crippen molar-refractivity contribution in [2.45, 2.75) is 88.9 Å². The molecule has 0 aromatic heterocycles. The Balaban J connectivity index is 1.33. The molecule has 0 saturated carbocycles. The average Bonchev–Trinajstić information content (AvgIpc) is 2.92. The van der Waals surface area contributed by atoms with Gasteiger partial charge < -0.3 is 10.6 Å². The van der Waals surface area contributed by atoms with Crippen LogP contribution < -0.4 is 10.6 Å². The zero-order valence-corrected chi connectivity index (χ0v) is 21.6. The number of nitrogens with one attached hydrogen (secondary N) is 2. The van der Waals surface area contributed by atoms with E-state index in [1.807, 2.05) is 24.3 Å². The molecule has 6 nitrogen and oxygen atoms in total. The van der Waals surface area contributed by atoms with Crippen LogP contribution in [0.2, 0.25) is 0 Å². The van der Waals surface area contributed by atoms with Gasteiger partial charge in [0.25, 0.3) is 0 Å². The molecule has 2 aliphatic heterocycles. The van der Waals surface area contributed by atoms with Crippen molar-refractivity contribution in [3.63, 3.8) is 0 Å². The molecule has 7 rings (SSSR count). The summed E-state index contributed by atoms with van der Waals surface area (Å²) >= 11 is 0. The maximum absolute atomic E-state index is 13.2. The molecule has 194 valence electrons. The number of dihydropyridines is 2. The van der Waals surface area contributed by atoms with Gasteiger partial charge in [-0.15, -0.1) is 0 Å². The first-order chi connectivity index (χ1) is 18.5. The molecule has 4 aliphatic carbocycles. The number of benzene rings is 1. The van der Waals surface area contributed by atoms with Crippen LogP contribution in [-0.2, 0) is 19.2 Å². The van der Waals surface area contributed by atoms with E-state index in [0.29, 0.717) is 25.7 Å². The predicted molar refractivity (Wildman–Crippen MR) is 142 cm³/mol. The summed E-state index contributed by atoms with van der Waals surface area (Å²) in [5.74, 6) is -0.188. The Morgan fingerprint density at radius 1 is 0.421 bits per heavy atom.